The van der Waals surface area contributed by atoms with Crippen molar-refractivity contribution in [2.45, 2.75) is 65.4 Å². The summed E-state index contributed by atoms with van der Waals surface area (Å²) in [6.45, 7) is 7.84. The molecule has 0 aliphatic carbocycles. The van der Waals surface area contributed by atoms with Crippen molar-refractivity contribution in [1.82, 2.24) is 4.90 Å². The van der Waals surface area contributed by atoms with Gasteiger partial charge < -0.3 is 24.8 Å². The lowest BCUT2D eigenvalue weighted by molar-refractivity contribution is -0.149. The zero-order chi connectivity index (χ0) is 25.5. The number of ether oxygens (including phenoxy) is 2. The van der Waals surface area contributed by atoms with Crippen molar-refractivity contribution in [3.63, 3.8) is 0 Å². The number of hydrogen-bond donors (Lipinski definition) is 2. The third kappa shape index (κ3) is 10.8. The molecular weight excluding hydrogens is 444 g/mol. The summed E-state index contributed by atoms with van der Waals surface area (Å²) in [6, 6.07) is 15.0. The molecular formula is C28H40N2O5. The largest absolute Gasteiger partial charge is 0.492 e. The Morgan fingerprint density at radius 3 is 2.40 bits per heavy atom. The van der Waals surface area contributed by atoms with Gasteiger partial charge in [-0.2, -0.15) is 0 Å². The van der Waals surface area contributed by atoms with E-state index in [2.05, 4.69) is 12.2 Å². The molecule has 1 atom stereocenters. The number of carboxylic acid groups (broad SMARTS) is 1. The van der Waals surface area contributed by atoms with Crippen LogP contribution in [0.15, 0.2) is 48.5 Å². The van der Waals surface area contributed by atoms with Gasteiger partial charge in [-0.25, -0.2) is 9.59 Å². The molecule has 2 rings (SSSR count). The van der Waals surface area contributed by atoms with E-state index >= 15 is 0 Å². The monoisotopic (exact) mass is 484 g/mol. The maximum absolute atomic E-state index is 12.9. The Morgan fingerprint density at radius 2 is 1.74 bits per heavy atom. The van der Waals surface area contributed by atoms with Crippen LogP contribution in [0.4, 0.5) is 10.5 Å². The summed E-state index contributed by atoms with van der Waals surface area (Å²) in [5, 5.41) is 12.3. The van der Waals surface area contributed by atoms with Gasteiger partial charge in [0.25, 0.3) is 0 Å². The molecule has 0 aliphatic rings. The molecule has 0 aliphatic heterocycles. The van der Waals surface area contributed by atoms with E-state index in [1.807, 2.05) is 60.4 Å². The first-order chi connectivity index (χ1) is 16.9. The standard InChI is InChI=1S/C28H40N2O5/c1-4-6-7-8-9-17-30(28(33)29-24-12-10-11-22(3)20-24)18-19-35-25-15-13-23(14-16-25)21-26(27(31)32)34-5-2/h10-16,20,26H,4-9,17-19,21H2,1-3H3,(H,29,33)(H,31,32). The van der Waals surface area contributed by atoms with Crippen molar-refractivity contribution in [3.8, 4) is 5.75 Å². The fourth-order valence-electron chi connectivity index (χ4n) is 3.77. The Morgan fingerprint density at radius 1 is 1.00 bits per heavy atom. The third-order valence-electron chi connectivity index (χ3n) is 5.71. The summed E-state index contributed by atoms with van der Waals surface area (Å²) >= 11 is 0. The minimum absolute atomic E-state index is 0.124. The van der Waals surface area contributed by atoms with E-state index in [9.17, 15) is 14.7 Å². The minimum Gasteiger partial charge on any atom is -0.492 e. The van der Waals surface area contributed by atoms with Crippen molar-refractivity contribution < 1.29 is 24.2 Å². The molecule has 0 radical (unpaired) electrons. The van der Waals surface area contributed by atoms with Gasteiger partial charge in [0.15, 0.2) is 6.10 Å². The lowest BCUT2D eigenvalue weighted by Gasteiger charge is -2.23. The highest BCUT2D eigenvalue weighted by Crippen LogP contribution is 2.16. The van der Waals surface area contributed by atoms with E-state index in [1.165, 1.54) is 19.3 Å². The smallest absolute Gasteiger partial charge is 0.333 e. The normalized spacial score (nSPS) is 11.6. The molecule has 1 unspecified atom stereocenters. The van der Waals surface area contributed by atoms with Crippen LogP contribution in [0.3, 0.4) is 0 Å². The van der Waals surface area contributed by atoms with E-state index in [-0.39, 0.29) is 6.03 Å². The van der Waals surface area contributed by atoms with E-state index < -0.39 is 12.1 Å². The minimum atomic E-state index is -0.967. The molecule has 0 bridgehead atoms. The van der Waals surface area contributed by atoms with Crippen LogP contribution in [0.1, 0.15) is 57.1 Å². The number of amides is 2. The zero-order valence-corrected chi connectivity index (χ0v) is 21.3. The molecule has 0 fully saturated rings. The van der Waals surface area contributed by atoms with Gasteiger partial charge in [-0.15, -0.1) is 0 Å². The van der Waals surface area contributed by atoms with Crippen LogP contribution in [0.5, 0.6) is 5.75 Å². The Hall–Kier alpha value is -3.06. The summed E-state index contributed by atoms with van der Waals surface area (Å²) in [5.74, 6) is -0.287. The van der Waals surface area contributed by atoms with E-state index in [4.69, 9.17) is 9.47 Å². The van der Waals surface area contributed by atoms with Crippen molar-refractivity contribution >= 4 is 17.7 Å². The number of carbonyl (C=O) groups excluding carboxylic acids is 1. The molecule has 7 nitrogen and oxygen atoms in total. The van der Waals surface area contributed by atoms with Crippen molar-refractivity contribution in [3.05, 3.63) is 59.7 Å². The van der Waals surface area contributed by atoms with Crippen molar-refractivity contribution in [2.24, 2.45) is 0 Å². The molecule has 2 amide bonds. The van der Waals surface area contributed by atoms with Crippen molar-refractivity contribution in [1.29, 1.82) is 0 Å². The molecule has 192 valence electrons. The zero-order valence-electron chi connectivity index (χ0n) is 21.3. The number of nitrogens with one attached hydrogen (secondary N) is 1. The second-order valence-electron chi connectivity index (χ2n) is 8.68. The Balaban J connectivity index is 1.90. The van der Waals surface area contributed by atoms with Crippen molar-refractivity contribution in [2.75, 3.05) is 31.6 Å². The van der Waals surface area contributed by atoms with Gasteiger partial charge in [-0.1, -0.05) is 56.9 Å². The molecule has 2 aromatic rings. The summed E-state index contributed by atoms with van der Waals surface area (Å²) in [4.78, 5) is 26.0. The lowest BCUT2D eigenvalue weighted by atomic mass is 10.1. The number of anilines is 1. The number of carbonyl (C=O) groups is 2. The van der Waals surface area contributed by atoms with Gasteiger partial charge in [0, 0.05) is 25.3 Å². The van der Waals surface area contributed by atoms with Crippen LogP contribution in [0.25, 0.3) is 0 Å². The van der Waals surface area contributed by atoms with E-state index in [1.54, 1.807) is 6.92 Å². The highest BCUT2D eigenvalue weighted by molar-refractivity contribution is 5.89. The molecule has 0 aromatic heterocycles. The van der Waals surface area contributed by atoms with Gasteiger partial charge in [-0.3, -0.25) is 0 Å². The lowest BCUT2D eigenvalue weighted by Crippen LogP contribution is -2.38. The first-order valence-corrected chi connectivity index (χ1v) is 12.6. The number of aliphatic carboxylic acids is 1. The SMILES string of the molecule is CCCCCCCN(CCOc1ccc(CC(OCC)C(=O)O)cc1)C(=O)Nc1cccc(C)c1. The highest BCUT2D eigenvalue weighted by Gasteiger charge is 2.18. The van der Waals surface area contributed by atoms with Crippen LogP contribution in [-0.4, -0.2) is 54.4 Å². The third-order valence-corrected chi connectivity index (χ3v) is 5.71. The van der Waals surface area contributed by atoms with Crippen LogP contribution < -0.4 is 10.1 Å². The Bertz CT molecular complexity index is 900. The number of benzene rings is 2. The molecule has 0 spiro atoms. The molecule has 0 saturated carbocycles. The fraction of sp³-hybridized carbons (Fsp3) is 0.500. The molecule has 2 aromatic carbocycles. The maximum atomic E-state index is 12.9. The van der Waals surface area contributed by atoms with Gasteiger partial charge in [0.05, 0.1) is 6.54 Å². The molecule has 2 N–H and O–H groups in total. The molecule has 35 heavy (non-hydrogen) atoms. The maximum Gasteiger partial charge on any atom is 0.333 e. The van der Waals surface area contributed by atoms with E-state index in [0.717, 1.165) is 29.7 Å². The first kappa shape index (κ1) is 28.2. The van der Waals surface area contributed by atoms with Crippen LogP contribution in [0, 0.1) is 6.92 Å². The number of aryl methyl sites for hydroxylation is 1. The Kier molecular flexibility index (Phi) is 12.7. The van der Waals surface area contributed by atoms with Crippen LogP contribution >= 0.6 is 0 Å². The summed E-state index contributed by atoms with van der Waals surface area (Å²) < 4.78 is 11.2. The number of urea groups is 1. The number of carboxylic acids is 1. The number of unbranched alkanes of at least 4 members (excludes halogenated alkanes) is 4. The number of nitrogens with zero attached hydrogens (tertiary/aromatic N) is 1. The van der Waals surface area contributed by atoms with Gasteiger partial charge >= 0.3 is 12.0 Å². The van der Waals surface area contributed by atoms with Gasteiger partial charge in [0.2, 0.25) is 0 Å². The number of rotatable bonds is 16. The molecule has 0 saturated heterocycles. The van der Waals surface area contributed by atoms with Gasteiger partial charge in [-0.05, 0) is 55.7 Å². The molecule has 0 heterocycles. The summed E-state index contributed by atoms with van der Waals surface area (Å²) in [5.41, 5.74) is 2.75. The average molecular weight is 485 g/mol. The fourth-order valence-corrected chi connectivity index (χ4v) is 3.77. The van der Waals surface area contributed by atoms with Crippen LogP contribution in [0.2, 0.25) is 0 Å². The second-order valence-corrected chi connectivity index (χ2v) is 8.68. The molecule has 7 heteroatoms. The predicted molar refractivity (Wildman–Crippen MR) is 139 cm³/mol. The highest BCUT2D eigenvalue weighted by atomic mass is 16.5. The predicted octanol–water partition coefficient (Wildman–Crippen LogP) is 5.91. The number of hydrogen-bond acceptors (Lipinski definition) is 4. The quantitative estimate of drug-likeness (QED) is 0.289. The second kappa shape index (κ2) is 15.8. The summed E-state index contributed by atoms with van der Waals surface area (Å²) in [6.07, 6.45) is 5.08. The summed E-state index contributed by atoms with van der Waals surface area (Å²) in [7, 11) is 0. The first-order valence-electron chi connectivity index (χ1n) is 12.6. The van der Waals surface area contributed by atoms with Gasteiger partial charge in [0.1, 0.15) is 12.4 Å². The Labute approximate surface area is 209 Å². The van der Waals surface area contributed by atoms with E-state index in [0.29, 0.717) is 38.5 Å². The van der Waals surface area contributed by atoms with Crippen LogP contribution in [-0.2, 0) is 16.0 Å². The topological polar surface area (TPSA) is 88.1 Å². The average Bonchev–Trinajstić information content (AvgIpc) is 2.83.